The van der Waals surface area contributed by atoms with Crippen LogP contribution in [0.1, 0.15) is 13.3 Å². The maximum Gasteiger partial charge on any atom is 0.248 e. The predicted molar refractivity (Wildman–Crippen MR) is 65.9 cm³/mol. The largest absolute Gasteiger partial charge is 0.383 e. The molecule has 1 aliphatic rings. The van der Waals surface area contributed by atoms with Gasteiger partial charge in [-0.2, -0.15) is 5.26 Å². The Hall–Kier alpha value is -1.16. The molecule has 0 radical (unpaired) electrons. The predicted octanol–water partition coefficient (Wildman–Crippen LogP) is -0.246. The van der Waals surface area contributed by atoms with Crippen molar-refractivity contribution in [2.45, 2.75) is 18.9 Å². The van der Waals surface area contributed by atoms with Crippen LogP contribution in [-0.4, -0.2) is 62.9 Å². The maximum absolute atomic E-state index is 12.0. The second-order valence-corrected chi connectivity index (χ2v) is 4.62. The van der Waals surface area contributed by atoms with Gasteiger partial charge >= 0.3 is 0 Å². The van der Waals surface area contributed by atoms with Crippen molar-refractivity contribution >= 4 is 5.91 Å². The highest BCUT2D eigenvalue weighted by Gasteiger charge is 2.33. The van der Waals surface area contributed by atoms with Crippen LogP contribution < -0.4 is 5.32 Å². The van der Waals surface area contributed by atoms with Crippen molar-refractivity contribution in [1.82, 2.24) is 10.2 Å². The third kappa shape index (κ3) is 4.61. The molecule has 1 heterocycles. The summed E-state index contributed by atoms with van der Waals surface area (Å²) in [6.07, 6.45) is 0.328. The van der Waals surface area contributed by atoms with Gasteiger partial charge in [-0.05, 0) is 6.92 Å². The third-order valence-corrected chi connectivity index (χ3v) is 2.95. The lowest BCUT2D eigenvalue weighted by Gasteiger charge is -2.39. The molecule has 6 heteroatoms. The number of hydrogen-bond acceptors (Lipinski definition) is 5. The summed E-state index contributed by atoms with van der Waals surface area (Å²) in [4.78, 5) is 13.6. The Bertz CT molecular complexity index is 310. The van der Waals surface area contributed by atoms with E-state index in [-0.39, 0.29) is 18.1 Å². The van der Waals surface area contributed by atoms with E-state index in [4.69, 9.17) is 14.7 Å². The summed E-state index contributed by atoms with van der Waals surface area (Å²) >= 11 is 0. The summed E-state index contributed by atoms with van der Waals surface area (Å²) in [5.74, 6) is -0.0876. The topological polar surface area (TPSA) is 74.6 Å². The normalized spacial score (nSPS) is 16.7. The highest BCUT2D eigenvalue weighted by molar-refractivity contribution is 5.77. The molecule has 1 rings (SSSR count). The Morgan fingerprint density at radius 2 is 2.22 bits per heavy atom. The molecule has 18 heavy (non-hydrogen) atoms. The van der Waals surface area contributed by atoms with Crippen LogP contribution in [0.2, 0.25) is 0 Å². The van der Waals surface area contributed by atoms with Gasteiger partial charge in [-0.15, -0.1) is 0 Å². The Labute approximate surface area is 108 Å². The number of carbonyl (C=O) groups excluding carboxylic acids is 1. The molecular weight excluding hydrogens is 234 g/mol. The zero-order valence-corrected chi connectivity index (χ0v) is 11.1. The van der Waals surface area contributed by atoms with Crippen LogP contribution in [-0.2, 0) is 14.3 Å². The minimum atomic E-state index is -0.224. The molecule has 1 amide bonds. The van der Waals surface area contributed by atoms with Gasteiger partial charge in [0.1, 0.15) is 6.61 Å². The third-order valence-electron chi connectivity index (χ3n) is 2.95. The number of carbonyl (C=O) groups is 1. The van der Waals surface area contributed by atoms with E-state index >= 15 is 0 Å². The van der Waals surface area contributed by atoms with E-state index in [2.05, 4.69) is 5.32 Å². The molecule has 102 valence electrons. The highest BCUT2D eigenvalue weighted by atomic mass is 16.5. The Morgan fingerprint density at radius 1 is 1.50 bits per heavy atom. The van der Waals surface area contributed by atoms with Crippen LogP contribution in [0.3, 0.4) is 0 Å². The first-order valence-corrected chi connectivity index (χ1v) is 6.09. The lowest BCUT2D eigenvalue weighted by Crippen LogP contribution is -2.59. The highest BCUT2D eigenvalue weighted by Crippen LogP contribution is 2.15. The first-order valence-electron chi connectivity index (χ1n) is 6.09. The van der Waals surface area contributed by atoms with Crippen molar-refractivity contribution < 1.29 is 14.3 Å². The molecule has 6 nitrogen and oxygen atoms in total. The number of hydrogen-bond donors (Lipinski definition) is 1. The lowest BCUT2D eigenvalue weighted by molar-refractivity contribution is -0.146. The van der Waals surface area contributed by atoms with Crippen LogP contribution in [0, 0.1) is 11.3 Å². The van der Waals surface area contributed by atoms with E-state index < -0.39 is 0 Å². The van der Waals surface area contributed by atoms with Gasteiger partial charge in [0.2, 0.25) is 5.91 Å². The van der Waals surface area contributed by atoms with Gasteiger partial charge in [-0.1, -0.05) is 0 Å². The first-order chi connectivity index (χ1) is 8.61. The minimum Gasteiger partial charge on any atom is -0.383 e. The van der Waals surface area contributed by atoms with Gasteiger partial charge in [-0.25, -0.2) is 0 Å². The van der Waals surface area contributed by atoms with E-state index in [1.807, 2.05) is 13.0 Å². The van der Waals surface area contributed by atoms with Crippen LogP contribution in [0.15, 0.2) is 0 Å². The van der Waals surface area contributed by atoms with Crippen LogP contribution in [0.4, 0.5) is 0 Å². The van der Waals surface area contributed by atoms with Crippen LogP contribution >= 0.6 is 0 Å². The smallest absolute Gasteiger partial charge is 0.248 e. The van der Waals surface area contributed by atoms with Gasteiger partial charge in [0.25, 0.3) is 0 Å². The number of nitrogens with zero attached hydrogens (tertiary/aromatic N) is 2. The van der Waals surface area contributed by atoms with E-state index in [1.165, 1.54) is 0 Å². The molecule has 1 fully saturated rings. The number of rotatable bonds is 8. The number of methoxy groups -OCH3 is 1. The van der Waals surface area contributed by atoms with E-state index in [0.717, 1.165) is 13.1 Å². The minimum absolute atomic E-state index is 0.0628. The average molecular weight is 255 g/mol. The quantitative estimate of drug-likeness (QED) is 0.647. The summed E-state index contributed by atoms with van der Waals surface area (Å²) in [6, 6.07) is 2.04. The van der Waals surface area contributed by atoms with Crippen molar-refractivity contribution in [2.75, 3.05) is 46.5 Å². The Kier molecular flexibility index (Phi) is 6.05. The van der Waals surface area contributed by atoms with E-state index in [9.17, 15) is 4.79 Å². The SMILES string of the molecule is COCCN(CCC#N)C(=O)COC1(C)CNC1. The monoisotopic (exact) mass is 255 g/mol. The molecule has 0 aromatic carbocycles. The Balaban J connectivity index is 2.34. The molecule has 0 aromatic rings. The van der Waals surface area contributed by atoms with Gasteiger partial charge in [0.05, 0.1) is 24.7 Å². The first kappa shape index (κ1) is 14.9. The van der Waals surface area contributed by atoms with Crippen molar-refractivity contribution in [3.8, 4) is 6.07 Å². The molecule has 0 aliphatic carbocycles. The fraction of sp³-hybridized carbons (Fsp3) is 0.833. The van der Waals surface area contributed by atoms with Gasteiger partial charge in [0, 0.05) is 33.3 Å². The molecule has 0 saturated carbocycles. The van der Waals surface area contributed by atoms with Gasteiger partial charge < -0.3 is 19.7 Å². The summed E-state index contributed by atoms with van der Waals surface area (Å²) in [5, 5.41) is 11.7. The zero-order chi connectivity index (χ0) is 13.4. The molecule has 0 spiro atoms. The summed E-state index contributed by atoms with van der Waals surface area (Å²) in [5.41, 5.74) is -0.224. The van der Waals surface area contributed by atoms with Crippen molar-refractivity contribution in [3.05, 3.63) is 0 Å². The van der Waals surface area contributed by atoms with Crippen molar-refractivity contribution in [2.24, 2.45) is 0 Å². The molecule has 0 bridgehead atoms. The fourth-order valence-electron chi connectivity index (χ4n) is 1.65. The van der Waals surface area contributed by atoms with Crippen LogP contribution in [0.5, 0.6) is 0 Å². The molecule has 0 unspecified atom stereocenters. The standard InChI is InChI=1S/C12H21N3O3/c1-12(9-14-10-12)18-8-11(16)15(5-3-4-13)6-7-17-2/h14H,3,5-10H2,1-2H3. The summed E-state index contributed by atoms with van der Waals surface area (Å²) in [6.45, 7) is 4.98. The van der Waals surface area contributed by atoms with Crippen molar-refractivity contribution in [3.63, 3.8) is 0 Å². The Morgan fingerprint density at radius 3 is 2.72 bits per heavy atom. The average Bonchev–Trinajstić information content (AvgIpc) is 2.34. The summed E-state index contributed by atoms with van der Waals surface area (Å²) < 4.78 is 10.5. The number of nitrogens with one attached hydrogen (secondary N) is 1. The second kappa shape index (κ2) is 7.31. The number of ether oxygens (including phenoxy) is 2. The number of amides is 1. The second-order valence-electron chi connectivity index (χ2n) is 4.62. The molecule has 0 aromatic heterocycles. The van der Waals surface area contributed by atoms with Gasteiger partial charge in [-0.3, -0.25) is 4.79 Å². The van der Waals surface area contributed by atoms with Crippen molar-refractivity contribution in [1.29, 1.82) is 5.26 Å². The molecule has 1 aliphatic heterocycles. The molecule has 0 atom stereocenters. The molecular formula is C12H21N3O3. The molecule has 1 N–H and O–H groups in total. The summed E-state index contributed by atoms with van der Waals surface area (Å²) in [7, 11) is 1.59. The van der Waals surface area contributed by atoms with E-state index in [0.29, 0.717) is 26.1 Å². The fourth-order valence-corrected chi connectivity index (χ4v) is 1.65. The molecule has 1 saturated heterocycles. The lowest BCUT2D eigenvalue weighted by atomic mass is 10.0. The van der Waals surface area contributed by atoms with Gasteiger partial charge in [0.15, 0.2) is 0 Å². The van der Waals surface area contributed by atoms with E-state index in [1.54, 1.807) is 12.0 Å². The zero-order valence-electron chi connectivity index (χ0n) is 11.1. The van der Waals surface area contributed by atoms with Crippen LogP contribution in [0.25, 0.3) is 0 Å². The number of nitriles is 1. The maximum atomic E-state index is 12.0.